The maximum Gasteiger partial charge on any atom is 0.336 e. The van der Waals surface area contributed by atoms with Crippen LogP contribution in [-0.2, 0) is 6.54 Å². The number of para-hydroxylation sites is 1. The molecule has 9 nitrogen and oxygen atoms in total. The molecule has 2 aromatic carbocycles. The zero-order valence-electron chi connectivity index (χ0n) is 19.7. The minimum absolute atomic E-state index is 0.123. The van der Waals surface area contributed by atoms with Crippen molar-refractivity contribution >= 4 is 34.2 Å². The first-order valence-electron chi connectivity index (χ1n) is 11.4. The van der Waals surface area contributed by atoms with Gasteiger partial charge in [0.25, 0.3) is 5.69 Å². The lowest BCUT2D eigenvalue weighted by Gasteiger charge is -2.30. The summed E-state index contributed by atoms with van der Waals surface area (Å²) >= 11 is 0. The van der Waals surface area contributed by atoms with Gasteiger partial charge in [-0.2, -0.15) is 0 Å². The van der Waals surface area contributed by atoms with E-state index >= 15 is 0 Å². The molecule has 182 valence electrons. The van der Waals surface area contributed by atoms with Crippen LogP contribution < -0.4 is 4.74 Å². The Bertz CT molecular complexity index is 1540. The van der Waals surface area contributed by atoms with Gasteiger partial charge in [-0.1, -0.05) is 25.1 Å². The number of nitro benzene ring substituents is 1. The minimum Gasteiger partial charge on any atom is -0.497 e. The van der Waals surface area contributed by atoms with E-state index in [1.807, 2.05) is 25.1 Å². The Morgan fingerprint density at radius 1 is 1.22 bits per heavy atom. The van der Waals surface area contributed by atoms with Gasteiger partial charge in [-0.15, -0.1) is 0 Å². The van der Waals surface area contributed by atoms with Crippen LogP contribution in [0.25, 0.3) is 33.9 Å². The zero-order valence-corrected chi connectivity index (χ0v) is 19.7. The Labute approximate surface area is 206 Å². The normalized spacial score (nSPS) is 14.7. The molecule has 0 aliphatic carbocycles. The number of rotatable bonds is 6. The van der Waals surface area contributed by atoms with Crippen molar-refractivity contribution < 1.29 is 24.0 Å². The van der Waals surface area contributed by atoms with Gasteiger partial charge in [0.2, 0.25) is 0 Å². The van der Waals surface area contributed by atoms with Crippen LogP contribution >= 0.6 is 0 Å². The van der Waals surface area contributed by atoms with Crippen LogP contribution in [0.5, 0.6) is 5.75 Å². The molecule has 36 heavy (non-hydrogen) atoms. The van der Waals surface area contributed by atoms with Crippen LogP contribution in [0.3, 0.4) is 0 Å². The fourth-order valence-electron chi connectivity index (χ4n) is 4.59. The summed E-state index contributed by atoms with van der Waals surface area (Å²) in [5.41, 5.74) is 3.19. The number of pyridine rings is 1. The van der Waals surface area contributed by atoms with E-state index < -0.39 is 10.9 Å². The molecule has 9 heteroatoms. The van der Waals surface area contributed by atoms with Gasteiger partial charge < -0.3 is 14.3 Å². The highest BCUT2D eigenvalue weighted by molar-refractivity contribution is 6.06. The quantitative estimate of drug-likeness (QED) is 0.281. The number of carboxylic acid groups (broad SMARTS) is 1. The SMILES string of the molecule is CCN1C/C(=C\c2ccc(-c3ccc(OC)cc3[N+](=O)[O-])o2)c2nc3ccccc3c(C(=O)O)c2C1. The summed E-state index contributed by atoms with van der Waals surface area (Å²) in [5.74, 6) is 0.220. The van der Waals surface area contributed by atoms with E-state index in [1.165, 1.54) is 13.2 Å². The van der Waals surface area contributed by atoms with Crippen LogP contribution in [0, 0.1) is 10.1 Å². The van der Waals surface area contributed by atoms with Gasteiger partial charge in [0.15, 0.2) is 0 Å². The Balaban J connectivity index is 1.63. The van der Waals surface area contributed by atoms with Crippen molar-refractivity contribution in [2.24, 2.45) is 0 Å². The number of likely N-dealkylation sites (N-methyl/N-ethyl adjacent to an activating group) is 1. The lowest BCUT2D eigenvalue weighted by molar-refractivity contribution is -0.384. The number of furan rings is 1. The molecule has 2 aromatic heterocycles. The van der Waals surface area contributed by atoms with Crippen LogP contribution in [0.4, 0.5) is 5.69 Å². The molecular weight excluding hydrogens is 462 g/mol. The number of fused-ring (bicyclic) bond motifs is 2. The molecule has 0 bridgehead atoms. The van der Waals surface area contributed by atoms with E-state index in [0.717, 1.165) is 12.1 Å². The zero-order chi connectivity index (χ0) is 25.4. The molecule has 0 radical (unpaired) electrons. The molecule has 0 fully saturated rings. The van der Waals surface area contributed by atoms with Crippen LogP contribution in [0.1, 0.15) is 34.3 Å². The first kappa shape index (κ1) is 23.3. The number of hydrogen-bond acceptors (Lipinski definition) is 7. The second-order valence-corrected chi connectivity index (χ2v) is 8.45. The van der Waals surface area contributed by atoms with E-state index in [-0.39, 0.29) is 11.3 Å². The fraction of sp³-hybridized carbons (Fsp3) is 0.185. The molecule has 0 saturated carbocycles. The largest absolute Gasteiger partial charge is 0.497 e. The molecule has 4 aromatic rings. The van der Waals surface area contributed by atoms with Gasteiger partial charge in [0.05, 0.1) is 40.4 Å². The average molecular weight is 485 g/mol. The number of nitro groups is 1. The third-order valence-electron chi connectivity index (χ3n) is 6.34. The summed E-state index contributed by atoms with van der Waals surface area (Å²) in [5, 5.41) is 22.3. The second-order valence-electron chi connectivity index (χ2n) is 8.45. The number of carboxylic acids is 1. The molecular formula is C27H23N3O6. The molecule has 1 aliphatic heterocycles. The van der Waals surface area contributed by atoms with E-state index in [4.69, 9.17) is 14.1 Å². The number of methoxy groups -OCH3 is 1. The third-order valence-corrected chi connectivity index (χ3v) is 6.34. The average Bonchev–Trinajstić information content (AvgIpc) is 3.34. The van der Waals surface area contributed by atoms with Crippen LogP contribution in [0.2, 0.25) is 0 Å². The number of ether oxygens (including phenoxy) is 1. The molecule has 0 spiro atoms. The van der Waals surface area contributed by atoms with Gasteiger partial charge >= 0.3 is 5.97 Å². The lowest BCUT2D eigenvalue weighted by Crippen LogP contribution is -2.31. The molecule has 0 atom stereocenters. The highest BCUT2D eigenvalue weighted by Gasteiger charge is 2.28. The number of aromatic nitrogens is 1. The summed E-state index contributed by atoms with van der Waals surface area (Å²) < 4.78 is 11.1. The lowest BCUT2D eigenvalue weighted by atomic mass is 9.92. The Morgan fingerprint density at radius 3 is 2.75 bits per heavy atom. The number of benzene rings is 2. The molecule has 0 amide bonds. The van der Waals surface area contributed by atoms with Gasteiger partial charge in [0.1, 0.15) is 17.3 Å². The Morgan fingerprint density at radius 2 is 2.03 bits per heavy atom. The smallest absolute Gasteiger partial charge is 0.336 e. The summed E-state index contributed by atoms with van der Waals surface area (Å²) in [6, 6.07) is 15.2. The van der Waals surface area contributed by atoms with Gasteiger partial charge in [-0.3, -0.25) is 15.0 Å². The molecule has 0 saturated heterocycles. The number of nitrogens with zero attached hydrogens (tertiary/aromatic N) is 3. The third kappa shape index (κ3) is 4.09. The van der Waals surface area contributed by atoms with Crippen molar-refractivity contribution in [3.05, 3.63) is 87.3 Å². The van der Waals surface area contributed by atoms with Gasteiger partial charge in [0, 0.05) is 24.0 Å². The summed E-state index contributed by atoms with van der Waals surface area (Å²) in [6.45, 7) is 3.78. The van der Waals surface area contributed by atoms with Crippen molar-refractivity contribution in [3.8, 4) is 17.1 Å². The van der Waals surface area contributed by atoms with Crippen molar-refractivity contribution in [2.45, 2.75) is 13.5 Å². The molecule has 3 heterocycles. The van der Waals surface area contributed by atoms with Crippen molar-refractivity contribution in [1.29, 1.82) is 0 Å². The number of carbonyl (C=O) groups is 1. The maximum atomic E-state index is 12.3. The number of hydrogen-bond donors (Lipinski definition) is 1. The molecule has 1 aliphatic rings. The topological polar surface area (TPSA) is 119 Å². The van der Waals surface area contributed by atoms with Crippen molar-refractivity contribution in [2.75, 3.05) is 20.2 Å². The minimum atomic E-state index is -0.991. The monoisotopic (exact) mass is 485 g/mol. The van der Waals surface area contributed by atoms with E-state index in [0.29, 0.717) is 58.1 Å². The standard InChI is InChI=1S/C27H23N3O6/c1-3-29-14-16(26-21(15-29)25(27(31)32)19-6-4-5-7-22(19)28-26)12-18-9-11-24(36-18)20-10-8-17(35-2)13-23(20)30(33)34/h4-13H,3,14-15H2,1-2H3,(H,31,32)/b16-12+. The first-order chi connectivity index (χ1) is 17.4. The Hall–Kier alpha value is -4.50. The summed E-state index contributed by atoms with van der Waals surface area (Å²) in [6.07, 6.45) is 1.83. The van der Waals surface area contributed by atoms with Crippen molar-refractivity contribution in [3.63, 3.8) is 0 Å². The maximum absolute atomic E-state index is 12.3. The van der Waals surface area contributed by atoms with Crippen LogP contribution in [-0.4, -0.2) is 46.1 Å². The summed E-state index contributed by atoms with van der Waals surface area (Å²) in [4.78, 5) is 30.4. The highest BCUT2D eigenvalue weighted by Crippen LogP contribution is 2.37. The van der Waals surface area contributed by atoms with E-state index in [9.17, 15) is 20.0 Å². The highest BCUT2D eigenvalue weighted by atomic mass is 16.6. The van der Waals surface area contributed by atoms with E-state index in [2.05, 4.69) is 4.90 Å². The summed E-state index contributed by atoms with van der Waals surface area (Å²) in [7, 11) is 1.45. The predicted molar refractivity (Wildman–Crippen MR) is 135 cm³/mol. The van der Waals surface area contributed by atoms with E-state index in [1.54, 1.807) is 36.4 Å². The van der Waals surface area contributed by atoms with Gasteiger partial charge in [-0.25, -0.2) is 9.78 Å². The van der Waals surface area contributed by atoms with Gasteiger partial charge in [-0.05, 0) is 48.5 Å². The Kier molecular flexibility index (Phi) is 5.99. The number of aromatic carboxylic acids is 1. The second kappa shape index (κ2) is 9.27. The molecule has 0 unspecified atom stereocenters. The predicted octanol–water partition coefficient (Wildman–Crippen LogP) is 5.49. The fourth-order valence-corrected chi connectivity index (χ4v) is 4.59. The first-order valence-corrected chi connectivity index (χ1v) is 11.4. The molecule has 1 N–H and O–H groups in total. The van der Waals surface area contributed by atoms with Crippen LogP contribution in [0.15, 0.2) is 59.0 Å². The molecule has 5 rings (SSSR count). The van der Waals surface area contributed by atoms with Crippen molar-refractivity contribution in [1.82, 2.24) is 9.88 Å².